The zero-order valence-electron chi connectivity index (χ0n) is 10.4. The highest BCUT2D eigenvalue weighted by Crippen LogP contribution is 2.16. The molecule has 0 saturated heterocycles. The SMILES string of the molecule is NC(N)=NCCC[C@H](N/C=C\C(=O)C(F)(F)F)C(=O)O. The number of aliphatic carboxylic acids is 1. The van der Waals surface area contributed by atoms with Crippen LogP contribution < -0.4 is 16.8 Å². The normalized spacial score (nSPS) is 12.9. The van der Waals surface area contributed by atoms with E-state index in [0.717, 1.165) is 0 Å². The van der Waals surface area contributed by atoms with Crippen molar-refractivity contribution in [3.63, 3.8) is 0 Å². The molecule has 0 aromatic heterocycles. The van der Waals surface area contributed by atoms with E-state index in [9.17, 15) is 22.8 Å². The van der Waals surface area contributed by atoms with Gasteiger partial charge < -0.3 is 21.9 Å². The van der Waals surface area contributed by atoms with E-state index in [1.165, 1.54) is 0 Å². The van der Waals surface area contributed by atoms with Crippen molar-refractivity contribution in [3.8, 4) is 0 Å². The molecule has 0 aliphatic carbocycles. The Kier molecular flexibility index (Phi) is 7.11. The highest BCUT2D eigenvalue weighted by molar-refractivity contribution is 5.94. The molecule has 0 bridgehead atoms. The summed E-state index contributed by atoms with van der Waals surface area (Å²) in [6, 6.07) is -1.14. The molecule has 0 rings (SSSR count). The maximum absolute atomic E-state index is 11.9. The zero-order valence-corrected chi connectivity index (χ0v) is 10.4. The number of aliphatic imine (C=N–C) groups is 1. The minimum absolute atomic E-state index is 0.0800. The lowest BCUT2D eigenvalue weighted by molar-refractivity contribution is -0.165. The summed E-state index contributed by atoms with van der Waals surface area (Å²) in [5.41, 5.74) is 10.1. The molecular formula is C10H15F3N4O3. The number of nitrogens with zero attached hydrogens (tertiary/aromatic N) is 1. The number of ketones is 1. The quantitative estimate of drug-likeness (QED) is 0.211. The van der Waals surface area contributed by atoms with Gasteiger partial charge in [-0.1, -0.05) is 0 Å². The third-order valence-corrected chi connectivity index (χ3v) is 2.05. The second-order valence-electron chi connectivity index (χ2n) is 3.70. The summed E-state index contributed by atoms with van der Waals surface area (Å²) in [5.74, 6) is -3.48. The molecule has 0 aliphatic rings. The van der Waals surface area contributed by atoms with E-state index < -0.39 is 24.0 Å². The number of hydrogen-bond acceptors (Lipinski definition) is 4. The monoisotopic (exact) mass is 296 g/mol. The molecule has 0 unspecified atom stereocenters. The number of carboxylic acids is 1. The summed E-state index contributed by atoms with van der Waals surface area (Å²) in [6.45, 7) is 0.193. The van der Waals surface area contributed by atoms with Crippen LogP contribution in [0.3, 0.4) is 0 Å². The molecule has 0 radical (unpaired) electrons. The molecule has 20 heavy (non-hydrogen) atoms. The lowest BCUT2D eigenvalue weighted by Crippen LogP contribution is -2.33. The smallest absolute Gasteiger partial charge is 0.454 e. The zero-order chi connectivity index (χ0) is 15.8. The largest absolute Gasteiger partial charge is 0.480 e. The number of rotatable bonds is 8. The molecular weight excluding hydrogens is 281 g/mol. The van der Waals surface area contributed by atoms with E-state index in [-0.39, 0.29) is 25.0 Å². The Morgan fingerprint density at radius 2 is 1.95 bits per heavy atom. The van der Waals surface area contributed by atoms with Crippen LogP contribution in [0, 0.1) is 0 Å². The van der Waals surface area contributed by atoms with Crippen molar-refractivity contribution in [2.24, 2.45) is 16.5 Å². The molecule has 6 N–H and O–H groups in total. The number of alkyl halides is 3. The van der Waals surface area contributed by atoms with Crippen LogP contribution in [-0.4, -0.2) is 41.6 Å². The lowest BCUT2D eigenvalue weighted by Gasteiger charge is -2.11. The number of carbonyl (C=O) groups excluding carboxylic acids is 1. The van der Waals surface area contributed by atoms with Gasteiger partial charge in [-0.05, 0) is 12.8 Å². The molecule has 0 aromatic carbocycles. The van der Waals surface area contributed by atoms with Gasteiger partial charge in [0.05, 0.1) is 0 Å². The third-order valence-electron chi connectivity index (χ3n) is 2.05. The number of nitrogens with two attached hydrogens (primary N) is 2. The van der Waals surface area contributed by atoms with Crippen LogP contribution in [0.15, 0.2) is 17.3 Å². The first-order chi connectivity index (χ1) is 9.14. The summed E-state index contributed by atoms with van der Waals surface area (Å²) in [6.07, 6.45) is -3.70. The number of halogens is 3. The fraction of sp³-hybridized carbons (Fsp3) is 0.500. The van der Waals surface area contributed by atoms with E-state index in [4.69, 9.17) is 16.6 Å². The molecule has 0 fully saturated rings. The van der Waals surface area contributed by atoms with Crippen molar-refractivity contribution in [3.05, 3.63) is 12.3 Å². The van der Waals surface area contributed by atoms with Gasteiger partial charge in [0, 0.05) is 18.8 Å². The Hall–Kier alpha value is -2.26. The first-order valence-corrected chi connectivity index (χ1v) is 5.46. The fourth-order valence-corrected chi connectivity index (χ4v) is 1.12. The summed E-state index contributed by atoms with van der Waals surface area (Å²) >= 11 is 0. The highest BCUT2D eigenvalue weighted by atomic mass is 19.4. The van der Waals surface area contributed by atoms with Crippen molar-refractivity contribution in [2.75, 3.05) is 6.54 Å². The Morgan fingerprint density at radius 3 is 2.40 bits per heavy atom. The van der Waals surface area contributed by atoms with Crippen molar-refractivity contribution in [1.29, 1.82) is 0 Å². The van der Waals surface area contributed by atoms with Gasteiger partial charge in [0.1, 0.15) is 6.04 Å². The Balaban J connectivity index is 4.29. The van der Waals surface area contributed by atoms with E-state index in [1.807, 2.05) is 0 Å². The van der Waals surface area contributed by atoms with Crippen molar-refractivity contribution in [1.82, 2.24) is 5.32 Å². The van der Waals surface area contributed by atoms with Crippen LogP contribution >= 0.6 is 0 Å². The van der Waals surface area contributed by atoms with Crippen LogP contribution in [0.1, 0.15) is 12.8 Å². The minimum Gasteiger partial charge on any atom is -0.480 e. The number of nitrogens with one attached hydrogen (secondary N) is 1. The molecule has 0 amide bonds. The highest BCUT2D eigenvalue weighted by Gasteiger charge is 2.36. The van der Waals surface area contributed by atoms with Gasteiger partial charge in [0.25, 0.3) is 5.78 Å². The molecule has 0 heterocycles. The fourth-order valence-electron chi connectivity index (χ4n) is 1.12. The third kappa shape index (κ3) is 7.95. The average Bonchev–Trinajstić information content (AvgIpc) is 2.29. The Morgan fingerprint density at radius 1 is 1.35 bits per heavy atom. The van der Waals surface area contributed by atoms with Gasteiger partial charge in [-0.2, -0.15) is 13.2 Å². The standard InChI is InChI=1S/C10H15F3N4O3/c11-10(12,13)7(18)3-5-16-6(8(19)20)2-1-4-17-9(14)15/h3,5-6,16H,1-2,4H2,(H,19,20)(H4,14,15,17)/b5-3-/t6-/m0/s1. The number of allylic oxidation sites excluding steroid dienone is 1. The van der Waals surface area contributed by atoms with Crippen LogP contribution in [0.2, 0.25) is 0 Å². The van der Waals surface area contributed by atoms with Crippen molar-refractivity contribution >= 4 is 17.7 Å². The van der Waals surface area contributed by atoms with Crippen LogP contribution in [-0.2, 0) is 9.59 Å². The van der Waals surface area contributed by atoms with Gasteiger partial charge in [0.15, 0.2) is 5.96 Å². The van der Waals surface area contributed by atoms with Gasteiger partial charge in [-0.25, -0.2) is 4.79 Å². The van der Waals surface area contributed by atoms with Gasteiger partial charge in [0.2, 0.25) is 0 Å². The molecule has 10 heteroatoms. The minimum atomic E-state index is -4.98. The van der Waals surface area contributed by atoms with Gasteiger partial charge >= 0.3 is 12.1 Å². The molecule has 114 valence electrons. The maximum Gasteiger partial charge on any atom is 0.454 e. The predicted molar refractivity (Wildman–Crippen MR) is 64.7 cm³/mol. The van der Waals surface area contributed by atoms with Crippen molar-refractivity contribution < 1.29 is 27.9 Å². The summed E-state index contributed by atoms with van der Waals surface area (Å²) in [4.78, 5) is 24.9. The van der Waals surface area contributed by atoms with E-state index >= 15 is 0 Å². The average molecular weight is 296 g/mol. The summed E-state index contributed by atoms with van der Waals surface area (Å²) < 4.78 is 35.6. The molecule has 0 saturated carbocycles. The molecule has 0 spiro atoms. The van der Waals surface area contributed by atoms with Gasteiger partial charge in [-0.3, -0.25) is 9.79 Å². The molecule has 1 atom stereocenters. The number of carbonyl (C=O) groups is 2. The van der Waals surface area contributed by atoms with E-state index in [2.05, 4.69) is 10.3 Å². The molecule has 0 aliphatic heterocycles. The van der Waals surface area contributed by atoms with Crippen LogP contribution in [0.25, 0.3) is 0 Å². The number of guanidine groups is 1. The van der Waals surface area contributed by atoms with Crippen molar-refractivity contribution in [2.45, 2.75) is 25.1 Å². The number of hydrogen-bond donors (Lipinski definition) is 4. The topological polar surface area (TPSA) is 131 Å². The molecule has 7 nitrogen and oxygen atoms in total. The summed E-state index contributed by atoms with van der Waals surface area (Å²) in [7, 11) is 0. The van der Waals surface area contributed by atoms with E-state index in [0.29, 0.717) is 12.6 Å². The van der Waals surface area contributed by atoms with Crippen LogP contribution in [0.4, 0.5) is 13.2 Å². The number of carboxylic acid groups (broad SMARTS) is 1. The second kappa shape index (κ2) is 8.02. The molecule has 0 aromatic rings. The first-order valence-electron chi connectivity index (χ1n) is 5.46. The second-order valence-corrected chi connectivity index (χ2v) is 3.70. The predicted octanol–water partition coefficient (Wildman–Crippen LogP) is -0.272. The van der Waals surface area contributed by atoms with E-state index in [1.54, 1.807) is 0 Å². The Bertz CT molecular complexity index is 403. The Labute approximate surface area is 112 Å². The lowest BCUT2D eigenvalue weighted by atomic mass is 10.1. The van der Waals surface area contributed by atoms with Crippen LogP contribution in [0.5, 0.6) is 0 Å². The maximum atomic E-state index is 11.9. The van der Waals surface area contributed by atoms with Gasteiger partial charge in [-0.15, -0.1) is 0 Å². The summed E-state index contributed by atoms with van der Waals surface area (Å²) in [5, 5.41) is 11.0. The first kappa shape index (κ1) is 17.7.